The molecule has 0 saturated heterocycles. The van der Waals surface area contributed by atoms with Crippen LogP contribution in [0.5, 0.6) is 0 Å². The highest BCUT2D eigenvalue weighted by atomic mass is 32.1. The van der Waals surface area contributed by atoms with Crippen molar-refractivity contribution in [3.05, 3.63) is 55.9 Å². The zero-order valence-corrected chi connectivity index (χ0v) is 50.9. The van der Waals surface area contributed by atoms with Crippen molar-refractivity contribution in [2.75, 3.05) is 13.1 Å². The lowest BCUT2D eigenvalue weighted by molar-refractivity contribution is -0.124. The van der Waals surface area contributed by atoms with Crippen LogP contribution in [-0.2, 0) is 9.59 Å². The van der Waals surface area contributed by atoms with Gasteiger partial charge in [-0.2, -0.15) is 0 Å². The summed E-state index contributed by atoms with van der Waals surface area (Å²) in [6.45, 7) is 10.6. The average Bonchev–Trinajstić information content (AvgIpc) is 4.29. The standard InChI is InChI=1S/C66H104N2O2S4/c1-5-9-13-17-21-25-27-31-35-39-43-53(41-37-33-29-23-19-15-11-7-3)51-67-63(59-49-57-55(73-59)45-47-71-57)61-62(65(67)69)64(60-50-58-56(74-60)46-48-72-58)68(66(61)70)52-54(42-38-34-30-24-20-16-12-8-4)44-40-36-32-28-26-22-18-14-10-6-2/h45-50,53-54H,5-44,51-52H2,1-4H3. The molecule has 2 amide bonds. The molecule has 4 nitrogen and oxygen atoms in total. The zero-order valence-electron chi connectivity index (χ0n) is 47.7. The highest BCUT2D eigenvalue weighted by Crippen LogP contribution is 2.51. The molecule has 0 aromatic carbocycles. The minimum atomic E-state index is 0.0765. The van der Waals surface area contributed by atoms with Gasteiger partial charge in [0.2, 0.25) is 0 Å². The number of unbranched alkanes of at least 4 members (excludes halogenated alkanes) is 32. The van der Waals surface area contributed by atoms with E-state index >= 15 is 9.59 Å². The van der Waals surface area contributed by atoms with Gasteiger partial charge >= 0.3 is 0 Å². The maximum absolute atomic E-state index is 15.8. The topological polar surface area (TPSA) is 40.6 Å². The Hall–Kier alpha value is -2.26. The van der Waals surface area contributed by atoms with E-state index in [0.717, 1.165) is 46.8 Å². The van der Waals surface area contributed by atoms with Crippen LogP contribution in [0.2, 0.25) is 0 Å². The maximum Gasteiger partial charge on any atom is 0.261 e. The molecule has 0 radical (unpaired) electrons. The van der Waals surface area contributed by atoms with E-state index in [0.29, 0.717) is 36.1 Å². The Morgan fingerprint density at radius 2 is 0.608 bits per heavy atom. The van der Waals surface area contributed by atoms with Crippen LogP contribution >= 0.6 is 45.3 Å². The number of amides is 2. The summed E-state index contributed by atoms with van der Waals surface area (Å²) in [6.07, 6.45) is 52.5. The van der Waals surface area contributed by atoms with E-state index in [2.05, 4.69) is 72.5 Å². The fourth-order valence-electron chi connectivity index (χ4n) is 12.2. The lowest BCUT2D eigenvalue weighted by atomic mass is 9.93. The summed E-state index contributed by atoms with van der Waals surface area (Å²) in [7, 11) is 0. The van der Waals surface area contributed by atoms with Gasteiger partial charge in [0.15, 0.2) is 0 Å². The highest BCUT2D eigenvalue weighted by Gasteiger charge is 2.50. The fourth-order valence-corrected chi connectivity index (χ4v) is 16.5. The van der Waals surface area contributed by atoms with Crippen LogP contribution in [-0.4, -0.2) is 34.7 Å². The summed E-state index contributed by atoms with van der Waals surface area (Å²) < 4.78 is 5.02. The second-order valence-corrected chi connectivity index (χ2v) is 27.1. The predicted molar refractivity (Wildman–Crippen MR) is 331 cm³/mol. The quantitative estimate of drug-likeness (QED) is 0.0414. The Kier molecular flexibility index (Phi) is 29.7. The molecule has 6 rings (SSSR count). The Balaban J connectivity index is 1.25. The van der Waals surface area contributed by atoms with Crippen LogP contribution in [0.25, 0.3) is 30.2 Å². The third-order valence-corrected chi connectivity index (χ3v) is 20.9. The molecule has 8 heteroatoms. The lowest BCUT2D eigenvalue weighted by Crippen LogP contribution is -2.34. The van der Waals surface area contributed by atoms with E-state index in [1.165, 1.54) is 250 Å². The fraction of sp³-hybridized carbons (Fsp3) is 0.727. The predicted octanol–water partition coefficient (Wildman–Crippen LogP) is 23.0. The van der Waals surface area contributed by atoms with Gasteiger partial charge in [-0.25, -0.2) is 0 Å². The Bertz CT molecular complexity index is 2010. The molecule has 414 valence electrons. The van der Waals surface area contributed by atoms with Gasteiger partial charge in [0.05, 0.1) is 32.3 Å². The second-order valence-electron chi connectivity index (χ2n) is 23.0. The monoisotopic (exact) mass is 1080 g/mol. The van der Waals surface area contributed by atoms with Gasteiger partial charge in [-0.1, -0.05) is 259 Å². The lowest BCUT2D eigenvalue weighted by Gasteiger charge is -2.29. The molecular formula is C66H104N2O2S4. The number of fused-ring (bicyclic) bond motifs is 3. The molecule has 0 spiro atoms. The van der Waals surface area contributed by atoms with Gasteiger partial charge in [-0.05, 0) is 72.5 Å². The van der Waals surface area contributed by atoms with E-state index in [1.807, 2.05) is 0 Å². The van der Waals surface area contributed by atoms with Crippen molar-refractivity contribution in [3.63, 3.8) is 0 Å². The average molecular weight is 1090 g/mol. The van der Waals surface area contributed by atoms with E-state index in [-0.39, 0.29) is 11.8 Å². The van der Waals surface area contributed by atoms with Crippen LogP contribution in [0.3, 0.4) is 0 Å². The van der Waals surface area contributed by atoms with Crippen molar-refractivity contribution in [1.82, 2.24) is 9.80 Å². The first-order valence-corrected chi connectivity index (χ1v) is 35.0. The van der Waals surface area contributed by atoms with E-state index in [1.54, 1.807) is 45.3 Å². The first-order valence-electron chi connectivity index (χ1n) is 31.6. The number of thiophene rings is 4. The first-order chi connectivity index (χ1) is 36.5. The van der Waals surface area contributed by atoms with Crippen LogP contribution in [0.4, 0.5) is 0 Å². The Morgan fingerprint density at radius 3 is 0.865 bits per heavy atom. The number of nitrogens with zero attached hydrogens (tertiary/aromatic N) is 2. The minimum absolute atomic E-state index is 0.0765. The largest absolute Gasteiger partial charge is 0.306 e. The smallest absolute Gasteiger partial charge is 0.261 e. The molecule has 2 atom stereocenters. The summed E-state index contributed by atoms with van der Waals surface area (Å²) in [4.78, 5) is 38.1. The number of hydrogen-bond donors (Lipinski definition) is 0. The van der Waals surface area contributed by atoms with Crippen LogP contribution in [0, 0.1) is 11.8 Å². The molecule has 2 aliphatic heterocycles. The van der Waals surface area contributed by atoms with E-state index in [9.17, 15) is 0 Å². The van der Waals surface area contributed by atoms with Crippen molar-refractivity contribution in [1.29, 1.82) is 0 Å². The highest BCUT2D eigenvalue weighted by molar-refractivity contribution is 7.28. The molecule has 4 aromatic rings. The van der Waals surface area contributed by atoms with Gasteiger partial charge in [0.1, 0.15) is 0 Å². The Morgan fingerprint density at radius 1 is 0.351 bits per heavy atom. The number of carbonyl (C=O) groups is 2. The summed E-state index contributed by atoms with van der Waals surface area (Å²) in [5.41, 5.74) is 3.23. The number of carbonyl (C=O) groups excluding carboxylic acids is 2. The zero-order chi connectivity index (χ0) is 52.0. The van der Waals surface area contributed by atoms with Crippen molar-refractivity contribution in [2.45, 2.75) is 285 Å². The summed E-state index contributed by atoms with van der Waals surface area (Å²) in [5.74, 6) is 0.992. The van der Waals surface area contributed by atoms with Gasteiger partial charge in [0, 0.05) is 31.9 Å². The molecule has 0 aliphatic carbocycles. The minimum Gasteiger partial charge on any atom is -0.306 e. The molecule has 0 fully saturated rings. The first kappa shape index (κ1) is 61.0. The van der Waals surface area contributed by atoms with E-state index in [4.69, 9.17) is 0 Å². The summed E-state index contributed by atoms with van der Waals surface area (Å²) in [6, 6.07) is 9.06. The molecule has 0 saturated carbocycles. The van der Waals surface area contributed by atoms with Crippen molar-refractivity contribution < 1.29 is 9.59 Å². The third-order valence-electron chi connectivity index (χ3n) is 16.7. The molecule has 74 heavy (non-hydrogen) atoms. The van der Waals surface area contributed by atoms with Crippen molar-refractivity contribution in [2.24, 2.45) is 11.8 Å². The van der Waals surface area contributed by atoms with Gasteiger partial charge in [-0.15, -0.1) is 45.3 Å². The molecular weight excluding hydrogens is 981 g/mol. The molecule has 0 N–H and O–H groups in total. The van der Waals surface area contributed by atoms with E-state index < -0.39 is 0 Å². The van der Waals surface area contributed by atoms with Crippen LogP contribution < -0.4 is 0 Å². The summed E-state index contributed by atoms with van der Waals surface area (Å²) >= 11 is 7.12. The van der Waals surface area contributed by atoms with Gasteiger partial charge in [-0.3, -0.25) is 9.59 Å². The van der Waals surface area contributed by atoms with Crippen molar-refractivity contribution >= 4 is 87.4 Å². The van der Waals surface area contributed by atoms with Crippen molar-refractivity contribution in [3.8, 4) is 0 Å². The molecule has 6 heterocycles. The third kappa shape index (κ3) is 19.6. The molecule has 0 bridgehead atoms. The second kappa shape index (κ2) is 36.0. The maximum atomic E-state index is 15.8. The SMILES string of the molecule is CCCCCCCCCCCCC(CCCCCCCCCC)CN1C(=O)C2=C(c3cc4sccc4s3)N(CC(CCCCCCCCCC)CCCCCCCCCCCC)C(=O)C2=C1c1cc2sccc2s1. The molecule has 4 aromatic heterocycles. The number of hydrogen-bond acceptors (Lipinski definition) is 6. The Labute approximate surface area is 469 Å². The van der Waals surface area contributed by atoms with Gasteiger partial charge in [0.25, 0.3) is 11.8 Å². The van der Waals surface area contributed by atoms with Crippen LogP contribution in [0.1, 0.15) is 294 Å². The normalized spacial score (nSPS) is 14.9. The molecule has 2 aliphatic rings. The van der Waals surface area contributed by atoms with Gasteiger partial charge < -0.3 is 9.80 Å². The number of rotatable bonds is 46. The molecule has 2 unspecified atom stereocenters. The van der Waals surface area contributed by atoms with Crippen LogP contribution in [0.15, 0.2) is 46.2 Å². The summed E-state index contributed by atoms with van der Waals surface area (Å²) in [5, 5.41) is 4.37.